The van der Waals surface area contributed by atoms with E-state index in [9.17, 15) is 0 Å². The van der Waals surface area contributed by atoms with Gasteiger partial charge in [0.05, 0.1) is 11.2 Å². The Balaban J connectivity index is 1.48. The first-order valence-electron chi connectivity index (χ1n) is 8.66. The summed E-state index contributed by atoms with van der Waals surface area (Å²) >= 11 is 0. The highest BCUT2D eigenvalue weighted by Gasteiger charge is 2.06. The van der Waals surface area contributed by atoms with E-state index in [1.165, 1.54) is 22.1 Å². The van der Waals surface area contributed by atoms with Crippen LogP contribution in [0.15, 0.2) is 84.9 Å². The molecule has 0 radical (unpaired) electrons. The lowest BCUT2D eigenvalue weighted by atomic mass is 10.0. The summed E-state index contributed by atoms with van der Waals surface area (Å²) in [5.74, 6) is 0. The van der Waals surface area contributed by atoms with Crippen molar-refractivity contribution in [1.82, 2.24) is 4.73 Å². The van der Waals surface area contributed by atoms with Crippen molar-refractivity contribution in [3.63, 3.8) is 0 Å². The highest BCUT2D eigenvalue weighted by atomic mass is 16.7. The fourth-order valence-corrected chi connectivity index (χ4v) is 3.23. The average Bonchev–Trinajstić information content (AvgIpc) is 2.98. The number of aryl methyl sites for hydroxylation is 1. The summed E-state index contributed by atoms with van der Waals surface area (Å²) in [7, 11) is 0. The molecule has 25 heavy (non-hydrogen) atoms. The van der Waals surface area contributed by atoms with Crippen LogP contribution in [0.1, 0.15) is 11.3 Å². The molecule has 0 amide bonds. The lowest BCUT2D eigenvalue weighted by Crippen LogP contribution is -2.15. The zero-order valence-electron chi connectivity index (χ0n) is 14.4. The van der Waals surface area contributed by atoms with Crippen LogP contribution in [-0.4, -0.2) is 11.3 Å². The van der Waals surface area contributed by atoms with Crippen molar-refractivity contribution in [2.24, 2.45) is 0 Å². The van der Waals surface area contributed by atoms with Gasteiger partial charge in [0.15, 0.2) is 0 Å². The standard InChI is InChI=1S/C23H21NO/c1-18-16-22-11-5-6-13-23(22)24(18)25-15-14-19-8-7-12-21(17-19)20-9-3-2-4-10-20/h2-13,16-17H,14-15H2,1H3. The van der Waals surface area contributed by atoms with E-state index < -0.39 is 0 Å². The van der Waals surface area contributed by atoms with Gasteiger partial charge in [-0.15, -0.1) is 0 Å². The Morgan fingerprint density at radius 2 is 1.52 bits per heavy atom. The smallest absolute Gasteiger partial charge is 0.119 e. The molecule has 0 aliphatic heterocycles. The molecule has 4 rings (SSSR count). The van der Waals surface area contributed by atoms with Gasteiger partial charge in [0.1, 0.15) is 6.61 Å². The van der Waals surface area contributed by atoms with E-state index in [0.29, 0.717) is 6.61 Å². The molecule has 0 N–H and O–H groups in total. The van der Waals surface area contributed by atoms with Gasteiger partial charge in [-0.1, -0.05) is 72.8 Å². The van der Waals surface area contributed by atoms with Gasteiger partial charge in [0, 0.05) is 11.8 Å². The molecule has 124 valence electrons. The molecule has 1 heterocycles. The third-order valence-corrected chi connectivity index (χ3v) is 4.49. The number of benzene rings is 3. The van der Waals surface area contributed by atoms with Crippen molar-refractivity contribution in [2.75, 3.05) is 6.61 Å². The number of aromatic nitrogens is 1. The quantitative estimate of drug-likeness (QED) is 0.486. The second-order valence-electron chi connectivity index (χ2n) is 6.29. The largest absolute Gasteiger partial charge is 0.413 e. The molecule has 3 aromatic carbocycles. The summed E-state index contributed by atoms with van der Waals surface area (Å²) < 4.78 is 1.94. The predicted molar refractivity (Wildman–Crippen MR) is 104 cm³/mol. The number of rotatable bonds is 5. The van der Waals surface area contributed by atoms with Gasteiger partial charge in [-0.3, -0.25) is 0 Å². The van der Waals surface area contributed by atoms with E-state index >= 15 is 0 Å². The van der Waals surface area contributed by atoms with Crippen molar-refractivity contribution >= 4 is 10.9 Å². The second-order valence-corrected chi connectivity index (χ2v) is 6.29. The summed E-state index contributed by atoms with van der Waals surface area (Å²) in [5.41, 5.74) is 6.03. The number of fused-ring (bicyclic) bond motifs is 1. The first kappa shape index (κ1) is 15.5. The molecule has 0 fully saturated rings. The first-order valence-corrected chi connectivity index (χ1v) is 8.66. The van der Waals surface area contributed by atoms with Crippen LogP contribution in [0.5, 0.6) is 0 Å². The van der Waals surface area contributed by atoms with E-state index in [-0.39, 0.29) is 0 Å². The molecule has 0 atom stereocenters. The minimum absolute atomic E-state index is 0.651. The lowest BCUT2D eigenvalue weighted by molar-refractivity contribution is 0.118. The normalized spacial score (nSPS) is 10.9. The molecule has 1 aromatic heterocycles. The van der Waals surface area contributed by atoms with Gasteiger partial charge in [-0.25, -0.2) is 0 Å². The number of para-hydroxylation sites is 1. The molecule has 0 aliphatic carbocycles. The van der Waals surface area contributed by atoms with Crippen molar-refractivity contribution in [3.8, 4) is 11.1 Å². The van der Waals surface area contributed by atoms with E-state index in [2.05, 4.69) is 79.7 Å². The van der Waals surface area contributed by atoms with Crippen molar-refractivity contribution < 1.29 is 4.84 Å². The van der Waals surface area contributed by atoms with Crippen LogP contribution in [0.25, 0.3) is 22.0 Å². The van der Waals surface area contributed by atoms with E-state index in [4.69, 9.17) is 4.84 Å². The Morgan fingerprint density at radius 1 is 0.760 bits per heavy atom. The third-order valence-electron chi connectivity index (χ3n) is 4.49. The molecule has 2 nitrogen and oxygen atoms in total. The summed E-state index contributed by atoms with van der Waals surface area (Å²) in [6, 6.07) is 29.6. The molecule has 0 bridgehead atoms. The molecule has 0 spiro atoms. The maximum absolute atomic E-state index is 6.06. The summed E-state index contributed by atoms with van der Waals surface area (Å²) in [6.45, 7) is 2.73. The SMILES string of the molecule is Cc1cc2ccccc2n1OCCc1cccc(-c2ccccc2)c1. The first-order chi connectivity index (χ1) is 12.3. The fraction of sp³-hybridized carbons (Fsp3) is 0.130. The van der Waals surface area contributed by atoms with Crippen molar-refractivity contribution in [3.05, 3.63) is 96.2 Å². The number of nitrogens with zero attached hydrogens (tertiary/aromatic N) is 1. The van der Waals surface area contributed by atoms with E-state index in [1.807, 2.05) is 16.9 Å². The Labute approximate surface area is 148 Å². The molecule has 2 heteroatoms. The Kier molecular flexibility index (Phi) is 4.26. The van der Waals surface area contributed by atoms with Crippen LogP contribution >= 0.6 is 0 Å². The topological polar surface area (TPSA) is 14.2 Å². The zero-order valence-corrected chi connectivity index (χ0v) is 14.4. The third kappa shape index (κ3) is 3.29. The van der Waals surface area contributed by atoms with E-state index in [0.717, 1.165) is 17.6 Å². The number of hydrogen-bond donors (Lipinski definition) is 0. The molecule has 0 saturated heterocycles. The van der Waals surface area contributed by atoms with Gasteiger partial charge in [0.25, 0.3) is 0 Å². The van der Waals surface area contributed by atoms with Crippen LogP contribution in [0.4, 0.5) is 0 Å². The highest BCUT2D eigenvalue weighted by molar-refractivity contribution is 5.80. The summed E-state index contributed by atoms with van der Waals surface area (Å²) in [5, 5.41) is 1.21. The van der Waals surface area contributed by atoms with Crippen LogP contribution < -0.4 is 4.84 Å². The van der Waals surface area contributed by atoms with Crippen LogP contribution in [0.2, 0.25) is 0 Å². The maximum Gasteiger partial charge on any atom is 0.119 e. The molecule has 0 aliphatic rings. The Hall–Kier alpha value is -3.00. The van der Waals surface area contributed by atoms with Crippen LogP contribution in [-0.2, 0) is 6.42 Å². The fourth-order valence-electron chi connectivity index (χ4n) is 3.23. The van der Waals surface area contributed by atoms with Crippen molar-refractivity contribution in [1.29, 1.82) is 0 Å². The van der Waals surface area contributed by atoms with Crippen LogP contribution in [0.3, 0.4) is 0 Å². The second kappa shape index (κ2) is 6.86. The molecular formula is C23H21NO. The van der Waals surface area contributed by atoms with Gasteiger partial charge in [-0.2, -0.15) is 4.73 Å². The Morgan fingerprint density at radius 3 is 2.40 bits per heavy atom. The van der Waals surface area contributed by atoms with E-state index in [1.54, 1.807) is 0 Å². The average molecular weight is 327 g/mol. The summed E-state index contributed by atoms with van der Waals surface area (Å²) in [6.07, 6.45) is 0.882. The van der Waals surface area contributed by atoms with Gasteiger partial charge >= 0.3 is 0 Å². The monoisotopic (exact) mass is 327 g/mol. The molecule has 0 unspecified atom stereocenters. The van der Waals surface area contributed by atoms with Gasteiger partial charge in [0.2, 0.25) is 0 Å². The predicted octanol–water partition coefficient (Wildman–Crippen LogP) is 5.29. The lowest BCUT2D eigenvalue weighted by Gasteiger charge is -2.11. The molecule has 4 aromatic rings. The van der Waals surface area contributed by atoms with Gasteiger partial charge in [-0.05, 0) is 35.7 Å². The van der Waals surface area contributed by atoms with Crippen LogP contribution in [0, 0.1) is 6.92 Å². The minimum Gasteiger partial charge on any atom is -0.413 e. The minimum atomic E-state index is 0.651. The summed E-state index contributed by atoms with van der Waals surface area (Å²) in [4.78, 5) is 6.06. The zero-order chi connectivity index (χ0) is 17.1. The van der Waals surface area contributed by atoms with Gasteiger partial charge < -0.3 is 4.84 Å². The molecular weight excluding hydrogens is 306 g/mol. The Bertz CT molecular complexity index is 985. The number of hydrogen-bond acceptors (Lipinski definition) is 1. The highest BCUT2D eigenvalue weighted by Crippen LogP contribution is 2.21. The maximum atomic E-state index is 6.06. The molecule has 0 saturated carbocycles. The van der Waals surface area contributed by atoms with Crippen molar-refractivity contribution in [2.45, 2.75) is 13.3 Å².